The van der Waals surface area contributed by atoms with Crippen molar-refractivity contribution in [2.45, 2.75) is 44.9 Å². The van der Waals surface area contributed by atoms with Gasteiger partial charge in [0.05, 0.1) is 37.7 Å². The summed E-state index contributed by atoms with van der Waals surface area (Å²) < 4.78 is 0.961. The first-order valence-electron chi connectivity index (χ1n) is 8.69. The molecule has 1 aromatic carbocycles. The molecule has 2 N–H and O–H groups in total. The number of fused-ring (bicyclic) bond motifs is 2. The highest BCUT2D eigenvalue weighted by Crippen LogP contribution is 2.49. The van der Waals surface area contributed by atoms with Gasteiger partial charge in [-0.2, -0.15) is 0 Å². The number of nitrogens with zero attached hydrogens (tertiary/aromatic N) is 2. The second-order valence-corrected chi connectivity index (χ2v) is 8.18. The molecule has 2 atom stereocenters. The molecular weight excluding hydrogens is 286 g/mol. The second kappa shape index (κ2) is 4.74. The highest BCUT2D eigenvalue weighted by Gasteiger charge is 2.63. The number of rotatable bonds is 1. The Morgan fingerprint density at radius 1 is 1.35 bits per heavy atom. The minimum absolute atomic E-state index is 0.0268. The van der Waals surface area contributed by atoms with Crippen LogP contribution in [0.1, 0.15) is 26.3 Å². The Labute approximate surface area is 139 Å². The Kier molecular flexibility index (Phi) is 3.10. The van der Waals surface area contributed by atoms with Crippen LogP contribution in [0.3, 0.4) is 0 Å². The predicted molar refractivity (Wildman–Crippen MR) is 92.6 cm³/mol. The van der Waals surface area contributed by atoms with Crippen LogP contribution >= 0.6 is 0 Å². The lowest BCUT2D eigenvalue weighted by Crippen LogP contribution is -2.67. The Bertz CT molecular complexity index is 648. The van der Waals surface area contributed by atoms with Gasteiger partial charge in [-0.25, -0.2) is 0 Å². The molecule has 2 saturated heterocycles. The fraction of sp³-hybridized carbons (Fsp3) is 0.579. The number of benzene rings is 1. The van der Waals surface area contributed by atoms with Gasteiger partial charge in [-0.1, -0.05) is 18.2 Å². The third-order valence-corrected chi connectivity index (χ3v) is 6.40. The number of hydrogen-bond donors (Lipinski definition) is 2. The molecule has 2 unspecified atom stereocenters. The van der Waals surface area contributed by atoms with Crippen molar-refractivity contribution >= 4 is 5.69 Å². The van der Waals surface area contributed by atoms with Crippen LogP contribution < -0.4 is 5.32 Å². The Morgan fingerprint density at radius 3 is 2.74 bits per heavy atom. The lowest BCUT2D eigenvalue weighted by atomic mass is 9.85. The number of para-hydroxylation sites is 1. The number of anilines is 1. The Balaban J connectivity index is 1.75. The molecule has 4 rings (SSSR count). The van der Waals surface area contributed by atoms with E-state index in [0.717, 1.165) is 24.1 Å². The predicted octanol–water partition coefficient (Wildman–Crippen LogP) is 2.37. The zero-order valence-corrected chi connectivity index (χ0v) is 14.4. The number of aliphatic hydroxyl groups excluding tert-OH is 1. The fourth-order valence-electron chi connectivity index (χ4n) is 5.28. The maximum atomic E-state index is 9.47. The molecule has 1 spiro atoms. The fourth-order valence-corrected chi connectivity index (χ4v) is 5.28. The molecule has 0 radical (unpaired) electrons. The first-order chi connectivity index (χ1) is 10.9. The van der Waals surface area contributed by atoms with Gasteiger partial charge in [0.2, 0.25) is 0 Å². The SMILES string of the molecule is C=C1N2Cc3ccccc3NC(C)(C)C2C(C)[N+]12CC(CO)C2. The molecule has 3 heterocycles. The van der Waals surface area contributed by atoms with Crippen molar-refractivity contribution in [2.75, 3.05) is 25.0 Å². The number of quaternary nitrogens is 1. The summed E-state index contributed by atoms with van der Waals surface area (Å²) in [5, 5.41) is 13.3. The number of nitrogens with one attached hydrogen (secondary N) is 1. The van der Waals surface area contributed by atoms with Crippen molar-refractivity contribution in [3.05, 3.63) is 42.2 Å². The monoisotopic (exact) mass is 314 g/mol. The number of hydrogen-bond acceptors (Lipinski definition) is 3. The van der Waals surface area contributed by atoms with Crippen molar-refractivity contribution in [1.29, 1.82) is 0 Å². The van der Waals surface area contributed by atoms with Gasteiger partial charge in [-0.05, 0) is 39.0 Å². The van der Waals surface area contributed by atoms with Crippen LogP contribution in [0.25, 0.3) is 0 Å². The van der Waals surface area contributed by atoms with E-state index in [9.17, 15) is 5.11 Å². The molecule has 0 saturated carbocycles. The van der Waals surface area contributed by atoms with Gasteiger partial charge >= 0.3 is 0 Å². The standard InChI is InChI=1S/C19H28N3O/c1-13-18-19(3,4)20-17-8-6-5-7-16(17)9-21(18)14(2)22(13)10-15(11-22)12-23/h5-8,13,15,18,20,23H,2,9-12H2,1,3-4H3/q+1. The molecule has 3 aliphatic heterocycles. The molecule has 23 heavy (non-hydrogen) atoms. The first-order valence-corrected chi connectivity index (χ1v) is 8.69. The van der Waals surface area contributed by atoms with Crippen LogP contribution in [-0.2, 0) is 6.54 Å². The van der Waals surface area contributed by atoms with Crippen LogP contribution in [-0.4, -0.2) is 51.8 Å². The third kappa shape index (κ3) is 1.91. The van der Waals surface area contributed by atoms with Crippen LogP contribution in [0.4, 0.5) is 5.69 Å². The van der Waals surface area contributed by atoms with E-state index in [2.05, 4.69) is 61.8 Å². The molecule has 2 fully saturated rings. The van der Waals surface area contributed by atoms with Crippen LogP contribution in [0.2, 0.25) is 0 Å². The van der Waals surface area contributed by atoms with Crippen molar-refractivity contribution in [1.82, 2.24) is 4.90 Å². The van der Waals surface area contributed by atoms with Gasteiger partial charge in [-0.15, -0.1) is 0 Å². The maximum absolute atomic E-state index is 9.47. The quantitative estimate of drug-likeness (QED) is 0.781. The van der Waals surface area contributed by atoms with Gasteiger partial charge in [0.25, 0.3) is 0 Å². The minimum atomic E-state index is -0.0268. The summed E-state index contributed by atoms with van der Waals surface area (Å²) in [5.74, 6) is 1.67. The van der Waals surface area contributed by atoms with Crippen molar-refractivity contribution in [3.63, 3.8) is 0 Å². The van der Waals surface area contributed by atoms with Gasteiger partial charge in [-0.3, -0.25) is 4.48 Å². The van der Waals surface area contributed by atoms with E-state index < -0.39 is 0 Å². The molecule has 4 nitrogen and oxygen atoms in total. The summed E-state index contributed by atoms with van der Waals surface area (Å²) in [5.41, 5.74) is 2.56. The molecular formula is C19H28N3O+. The molecule has 124 valence electrons. The lowest BCUT2D eigenvalue weighted by Gasteiger charge is -2.50. The van der Waals surface area contributed by atoms with E-state index in [1.807, 2.05) is 0 Å². The van der Waals surface area contributed by atoms with Gasteiger partial charge in [0, 0.05) is 5.69 Å². The molecule has 3 aliphatic rings. The minimum Gasteiger partial charge on any atom is -0.396 e. The third-order valence-electron chi connectivity index (χ3n) is 6.40. The maximum Gasteiger partial charge on any atom is 0.197 e. The summed E-state index contributed by atoms with van der Waals surface area (Å²) >= 11 is 0. The van der Waals surface area contributed by atoms with E-state index in [1.165, 1.54) is 17.1 Å². The average molecular weight is 314 g/mol. The Morgan fingerprint density at radius 2 is 2.04 bits per heavy atom. The van der Waals surface area contributed by atoms with E-state index in [0.29, 0.717) is 24.6 Å². The highest BCUT2D eigenvalue weighted by atomic mass is 16.3. The molecule has 0 aliphatic carbocycles. The summed E-state index contributed by atoms with van der Waals surface area (Å²) in [4.78, 5) is 2.52. The van der Waals surface area contributed by atoms with Crippen LogP contribution in [0.5, 0.6) is 0 Å². The van der Waals surface area contributed by atoms with Crippen LogP contribution in [0, 0.1) is 5.92 Å². The van der Waals surface area contributed by atoms with Gasteiger partial charge < -0.3 is 15.3 Å². The van der Waals surface area contributed by atoms with Crippen molar-refractivity contribution in [2.24, 2.45) is 5.92 Å². The molecule has 4 heteroatoms. The van der Waals surface area contributed by atoms with E-state index >= 15 is 0 Å². The Hall–Kier alpha value is -1.52. The van der Waals surface area contributed by atoms with Crippen molar-refractivity contribution < 1.29 is 9.59 Å². The first kappa shape index (κ1) is 15.0. The van der Waals surface area contributed by atoms with Gasteiger partial charge in [0.1, 0.15) is 12.1 Å². The second-order valence-electron chi connectivity index (χ2n) is 8.18. The normalized spacial score (nSPS) is 37.7. The van der Waals surface area contributed by atoms with Crippen LogP contribution in [0.15, 0.2) is 36.7 Å². The lowest BCUT2D eigenvalue weighted by molar-refractivity contribution is -0.954. The molecule has 1 aromatic rings. The average Bonchev–Trinajstić information content (AvgIpc) is 2.60. The van der Waals surface area contributed by atoms with Gasteiger partial charge in [0.15, 0.2) is 5.82 Å². The smallest absolute Gasteiger partial charge is 0.197 e. The zero-order valence-electron chi connectivity index (χ0n) is 14.4. The summed E-state index contributed by atoms with van der Waals surface area (Å²) in [6, 6.07) is 9.51. The largest absolute Gasteiger partial charge is 0.396 e. The van der Waals surface area contributed by atoms with Crippen molar-refractivity contribution in [3.8, 4) is 0 Å². The summed E-state index contributed by atoms with van der Waals surface area (Å²) in [6.07, 6.45) is 0. The molecule has 0 bridgehead atoms. The van der Waals surface area contributed by atoms with E-state index in [1.54, 1.807) is 0 Å². The number of aliphatic hydroxyl groups is 1. The molecule has 0 amide bonds. The topological polar surface area (TPSA) is 35.5 Å². The highest BCUT2D eigenvalue weighted by molar-refractivity contribution is 5.54. The van der Waals surface area contributed by atoms with E-state index in [4.69, 9.17) is 0 Å². The molecule has 0 aromatic heterocycles. The zero-order chi connectivity index (χ0) is 16.4. The summed E-state index contributed by atoms with van der Waals surface area (Å²) in [6.45, 7) is 14.8. The summed E-state index contributed by atoms with van der Waals surface area (Å²) in [7, 11) is 0. The van der Waals surface area contributed by atoms with E-state index in [-0.39, 0.29) is 5.54 Å².